The Labute approximate surface area is 207 Å². The van der Waals surface area contributed by atoms with Crippen LogP contribution in [0.25, 0.3) is 0 Å². The summed E-state index contributed by atoms with van der Waals surface area (Å²) in [6, 6.07) is 12.8. The van der Waals surface area contributed by atoms with Crippen molar-refractivity contribution in [2.75, 3.05) is 58.7 Å². The number of nitrogens with zero attached hydrogens (tertiary/aromatic N) is 3. The summed E-state index contributed by atoms with van der Waals surface area (Å²) >= 11 is 0. The lowest BCUT2D eigenvalue weighted by Gasteiger charge is -2.35. The normalized spacial score (nSPS) is 21.5. The monoisotopic (exact) mass is 480 g/mol. The van der Waals surface area contributed by atoms with Crippen molar-refractivity contribution in [1.29, 1.82) is 0 Å². The molecule has 35 heavy (non-hydrogen) atoms. The molecule has 2 unspecified atom stereocenters. The summed E-state index contributed by atoms with van der Waals surface area (Å²) in [5, 5.41) is 2.93. The Hall–Kier alpha value is -2.94. The van der Waals surface area contributed by atoms with Gasteiger partial charge in [0, 0.05) is 56.9 Å². The first kappa shape index (κ1) is 25.2. The van der Waals surface area contributed by atoms with Gasteiger partial charge in [0.15, 0.2) is 0 Å². The molecule has 2 heterocycles. The topological polar surface area (TPSA) is 74.4 Å². The van der Waals surface area contributed by atoms with Gasteiger partial charge in [-0.2, -0.15) is 0 Å². The van der Waals surface area contributed by atoms with Crippen LogP contribution in [0, 0.1) is 0 Å². The number of morpholine rings is 1. The second kappa shape index (κ2) is 11.2. The van der Waals surface area contributed by atoms with Gasteiger partial charge in [-0.15, -0.1) is 0 Å². The Balaban J connectivity index is 1.42. The number of hydrogen-bond acceptors (Lipinski definition) is 6. The van der Waals surface area contributed by atoms with Gasteiger partial charge in [0.05, 0.1) is 25.0 Å². The van der Waals surface area contributed by atoms with Crippen molar-refractivity contribution in [2.45, 2.75) is 32.6 Å². The summed E-state index contributed by atoms with van der Waals surface area (Å²) in [5.41, 5.74) is 2.73. The molecule has 2 aliphatic rings. The molecule has 188 valence electrons. The number of anilines is 1. The van der Waals surface area contributed by atoms with Crippen LogP contribution in [0.4, 0.5) is 5.69 Å². The van der Waals surface area contributed by atoms with E-state index in [-0.39, 0.29) is 24.0 Å². The Morgan fingerprint density at radius 2 is 1.60 bits per heavy atom. The van der Waals surface area contributed by atoms with Crippen LogP contribution in [-0.2, 0) is 11.3 Å². The maximum atomic E-state index is 13.0. The van der Waals surface area contributed by atoms with Crippen LogP contribution < -0.4 is 10.1 Å². The smallest absolute Gasteiger partial charge is 0.255 e. The third-order valence-electron chi connectivity index (χ3n) is 6.60. The van der Waals surface area contributed by atoms with Crippen LogP contribution in [0.15, 0.2) is 42.5 Å². The van der Waals surface area contributed by atoms with E-state index in [0.29, 0.717) is 35.7 Å². The van der Waals surface area contributed by atoms with Gasteiger partial charge < -0.3 is 24.6 Å². The number of piperazine rings is 1. The molecule has 2 saturated heterocycles. The molecule has 2 aromatic rings. The molecule has 2 aromatic carbocycles. The molecule has 0 aliphatic carbocycles. The maximum Gasteiger partial charge on any atom is 0.255 e. The lowest BCUT2D eigenvalue weighted by molar-refractivity contribution is -0.0704. The van der Waals surface area contributed by atoms with Crippen molar-refractivity contribution in [1.82, 2.24) is 14.7 Å². The largest absolute Gasteiger partial charge is 0.495 e. The van der Waals surface area contributed by atoms with Crippen LogP contribution in [-0.4, -0.2) is 92.1 Å². The molecule has 4 rings (SSSR count). The summed E-state index contributed by atoms with van der Waals surface area (Å²) in [6.07, 6.45) is 0.440. The second-order valence-electron chi connectivity index (χ2n) is 9.61. The number of ether oxygens (including phenoxy) is 2. The molecule has 0 radical (unpaired) electrons. The highest BCUT2D eigenvalue weighted by Crippen LogP contribution is 2.27. The molecule has 2 aliphatic heterocycles. The van der Waals surface area contributed by atoms with Crippen molar-refractivity contribution < 1.29 is 19.1 Å². The number of benzene rings is 2. The van der Waals surface area contributed by atoms with Gasteiger partial charge in [-0.25, -0.2) is 0 Å². The van der Waals surface area contributed by atoms with Gasteiger partial charge in [0.1, 0.15) is 5.75 Å². The summed E-state index contributed by atoms with van der Waals surface area (Å²) in [6.45, 7) is 9.90. The Morgan fingerprint density at radius 3 is 2.23 bits per heavy atom. The molecule has 0 spiro atoms. The van der Waals surface area contributed by atoms with Gasteiger partial charge in [-0.05, 0) is 56.8 Å². The molecule has 0 bridgehead atoms. The van der Waals surface area contributed by atoms with Gasteiger partial charge in [0.2, 0.25) is 0 Å². The highest BCUT2D eigenvalue weighted by molar-refractivity contribution is 6.06. The zero-order valence-electron chi connectivity index (χ0n) is 21.1. The van der Waals surface area contributed by atoms with Crippen molar-refractivity contribution in [3.05, 3.63) is 59.2 Å². The molecule has 0 aromatic heterocycles. The van der Waals surface area contributed by atoms with Gasteiger partial charge in [0.25, 0.3) is 11.8 Å². The highest BCUT2D eigenvalue weighted by atomic mass is 16.5. The van der Waals surface area contributed by atoms with E-state index in [9.17, 15) is 9.59 Å². The Kier molecular flexibility index (Phi) is 8.05. The first-order chi connectivity index (χ1) is 16.8. The molecule has 2 fully saturated rings. The van der Waals surface area contributed by atoms with E-state index in [1.807, 2.05) is 29.2 Å². The molecule has 2 atom stereocenters. The quantitative estimate of drug-likeness (QED) is 0.685. The maximum absolute atomic E-state index is 13.0. The van der Waals surface area contributed by atoms with E-state index in [4.69, 9.17) is 9.47 Å². The number of rotatable bonds is 6. The van der Waals surface area contributed by atoms with E-state index in [0.717, 1.165) is 38.3 Å². The van der Waals surface area contributed by atoms with E-state index < -0.39 is 0 Å². The SMILES string of the molecule is COc1ccc(C(=O)N2CCN(C)CC2)cc1NC(=O)c1ccc(CN2CC(C)OC(C)C2)cc1. The van der Waals surface area contributed by atoms with E-state index >= 15 is 0 Å². The molecule has 1 N–H and O–H groups in total. The minimum atomic E-state index is -0.243. The van der Waals surface area contributed by atoms with Gasteiger partial charge >= 0.3 is 0 Å². The van der Waals surface area contributed by atoms with Crippen molar-refractivity contribution in [2.24, 2.45) is 0 Å². The van der Waals surface area contributed by atoms with E-state index in [1.54, 1.807) is 25.3 Å². The minimum absolute atomic E-state index is 0.0349. The molecule has 0 saturated carbocycles. The van der Waals surface area contributed by atoms with Crippen LogP contribution in [0.1, 0.15) is 40.1 Å². The number of likely N-dealkylation sites (N-methyl/N-ethyl adjacent to an activating group) is 1. The number of carbonyl (C=O) groups is 2. The number of nitrogens with one attached hydrogen (secondary N) is 1. The fourth-order valence-electron chi connectivity index (χ4n) is 4.76. The zero-order valence-corrected chi connectivity index (χ0v) is 21.1. The third-order valence-corrected chi connectivity index (χ3v) is 6.60. The second-order valence-corrected chi connectivity index (χ2v) is 9.61. The van der Waals surface area contributed by atoms with Crippen LogP contribution in [0.5, 0.6) is 5.75 Å². The number of hydrogen-bond donors (Lipinski definition) is 1. The molecule has 8 heteroatoms. The molecular weight excluding hydrogens is 444 g/mol. The van der Waals surface area contributed by atoms with E-state index in [1.165, 1.54) is 0 Å². The zero-order chi connectivity index (χ0) is 24.9. The lowest BCUT2D eigenvalue weighted by Crippen LogP contribution is -2.47. The van der Waals surface area contributed by atoms with Crippen molar-refractivity contribution in [3.8, 4) is 5.75 Å². The van der Waals surface area contributed by atoms with Gasteiger partial charge in [-0.3, -0.25) is 14.5 Å². The fraction of sp³-hybridized carbons (Fsp3) is 0.481. The summed E-state index contributed by atoms with van der Waals surface area (Å²) in [7, 11) is 3.61. The predicted molar refractivity (Wildman–Crippen MR) is 136 cm³/mol. The number of methoxy groups -OCH3 is 1. The highest BCUT2D eigenvalue weighted by Gasteiger charge is 2.23. The van der Waals surface area contributed by atoms with Crippen molar-refractivity contribution in [3.63, 3.8) is 0 Å². The average Bonchev–Trinajstić information content (AvgIpc) is 2.84. The first-order valence-corrected chi connectivity index (χ1v) is 12.3. The summed E-state index contributed by atoms with van der Waals surface area (Å²) in [5.74, 6) is 0.237. The summed E-state index contributed by atoms with van der Waals surface area (Å²) < 4.78 is 11.2. The lowest BCUT2D eigenvalue weighted by atomic mass is 10.1. The first-order valence-electron chi connectivity index (χ1n) is 12.3. The van der Waals surface area contributed by atoms with E-state index in [2.05, 4.69) is 36.0 Å². The third kappa shape index (κ3) is 6.39. The molecule has 8 nitrogen and oxygen atoms in total. The number of amides is 2. The van der Waals surface area contributed by atoms with Crippen molar-refractivity contribution >= 4 is 17.5 Å². The molecular formula is C27H36N4O4. The van der Waals surface area contributed by atoms with Crippen LogP contribution in [0.3, 0.4) is 0 Å². The number of carbonyl (C=O) groups excluding carboxylic acids is 2. The average molecular weight is 481 g/mol. The van der Waals surface area contributed by atoms with Gasteiger partial charge in [-0.1, -0.05) is 12.1 Å². The van der Waals surface area contributed by atoms with Crippen LogP contribution in [0.2, 0.25) is 0 Å². The Bertz CT molecular complexity index is 1020. The fourth-order valence-corrected chi connectivity index (χ4v) is 4.76. The standard InChI is InChI=1S/C27H36N4O4/c1-19-16-30(17-20(2)35-19)18-21-5-7-22(8-6-21)26(32)28-24-15-23(9-10-25(24)34-4)27(33)31-13-11-29(3)12-14-31/h5-10,15,19-20H,11-14,16-18H2,1-4H3,(H,28,32). The summed E-state index contributed by atoms with van der Waals surface area (Å²) in [4.78, 5) is 32.4. The molecule has 2 amide bonds. The predicted octanol–water partition coefficient (Wildman–Crippen LogP) is 2.94. The minimum Gasteiger partial charge on any atom is -0.495 e. The van der Waals surface area contributed by atoms with Crippen LogP contribution >= 0.6 is 0 Å². The Morgan fingerprint density at radius 1 is 0.971 bits per heavy atom.